The van der Waals surface area contributed by atoms with Gasteiger partial charge in [-0.2, -0.15) is 4.98 Å². The van der Waals surface area contributed by atoms with E-state index in [4.69, 9.17) is 19.4 Å². The molecule has 3 heterocycles. The fourth-order valence-corrected chi connectivity index (χ4v) is 3.75. The summed E-state index contributed by atoms with van der Waals surface area (Å²) in [5.41, 5.74) is 4.63. The molecule has 0 atom stereocenters. The van der Waals surface area contributed by atoms with Crippen molar-refractivity contribution in [3.8, 4) is 11.5 Å². The molecule has 0 saturated heterocycles. The van der Waals surface area contributed by atoms with Gasteiger partial charge in [0.15, 0.2) is 11.5 Å². The number of anilines is 3. The first-order chi connectivity index (χ1) is 13.8. The van der Waals surface area contributed by atoms with Gasteiger partial charge in [0.05, 0.1) is 0 Å². The highest BCUT2D eigenvalue weighted by atomic mass is 16.7. The van der Waals surface area contributed by atoms with E-state index in [9.17, 15) is 0 Å². The van der Waals surface area contributed by atoms with Crippen LogP contribution < -0.4 is 19.7 Å². The Morgan fingerprint density at radius 2 is 1.93 bits per heavy atom. The Morgan fingerprint density at radius 1 is 1.04 bits per heavy atom. The molecule has 28 heavy (non-hydrogen) atoms. The zero-order valence-electron chi connectivity index (χ0n) is 15.8. The topological polar surface area (TPSA) is 59.5 Å². The second kappa shape index (κ2) is 7.03. The van der Waals surface area contributed by atoms with Crippen LogP contribution in [-0.4, -0.2) is 23.3 Å². The van der Waals surface area contributed by atoms with E-state index >= 15 is 0 Å². The lowest BCUT2D eigenvalue weighted by atomic mass is 10.0. The Balaban J connectivity index is 1.38. The van der Waals surface area contributed by atoms with Crippen molar-refractivity contribution in [1.82, 2.24) is 9.97 Å². The van der Waals surface area contributed by atoms with Crippen molar-refractivity contribution in [1.29, 1.82) is 0 Å². The number of nitrogens with zero attached hydrogens (tertiary/aromatic N) is 3. The van der Waals surface area contributed by atoms with Crippen molar-refractivity contribution in [3.05, 3.63) is 65.4 Å². The lowest BCUT2D eigenvalue weighted by molar-refractivity contribution is 0.174. The van der Waals surface area contributed by atoms with Gasteiger partial charge in [-0.05, 0) is 49.1 Å². The van der Waals surface area contributed by atoms with E-state index in [2.05, 4.69) is 34.5 Å². The largest absolute Gasteiger partial charge is 0.454 e. The van der Waals surface area contributed by atoms with Gasteiger partial charge in [0.1, 0.15) is 5.82 Å². The van der Waals surface area contributed by atoms with Gasteiger partial charge in [-0.1, -0.05) is 24.3 Å². The standard InChI is InChI=1S/C22H22N4O2/c1-15-11-21(23-13-16-8-9-19-20(12-16)28-14-27-19)25-22(24-15)26-10-4-6-17-5-2-3-7-18(17)26/h2-3,5,7-9,11-12H,4,6,10,13-14H2,1H3,(H,23,24,25). The minimum absolute atomic E-state index is 0.290. The fraction of sp³-hybridized carbons (Fsp3) is 0.273. The van der Waals surface area contributed by atoms with Crippen LogP contribution in [0.2, 0.25) is 0 Å². The van der Waals surface area contributed by atoms with E-state index in [1.165, 1.54) is 11.3 Å². The molecule has 1 aromatic heterocycles. The number of para-hydroxylation sites is 1. The normalized spacial score (nSPS) is 14.7. The second-order valence-electron chi connectivity index (χ2n) is 7.12. The third-order valence-electron chi connectivity index (χ3n) is 5.10. The number of hydrogen-bond acceptors (Lipinski definition) is 6. The van der Waals surface area contributed by atoms with Crippen LogP contribution in [0.5, 0.6) is 11.5 Å². The van der Waals surface area contributed by atoms with Gasteiger partial charge in [0, 0.05) is 30.5 Å². The molecule has 2 aliphatic rings. The number of benzene rings is 2. The van der Waals surface area contributed by atoms with E-state index in [0.717, 1.165) is 53.9 Å². The van der Waals surface area contributed by atoms with E-state index in [1.807, 2.05) is 31.2 Å². The minimum atomic E-state index is 0.290. The SMILES string of the molecule is Cc1cc(NCc2ccc3c(c2)OCO3)nc(N2CCCc3ccccc32)n1. The maximum atomic E-state index is 5.46. The third kappa shape index (κ3) is 3.22. The molecule has 0 radical (unpaired) electrons. The first kappa shape index (κ1) is 16.9. The Labute approximate surface area is 164 Å². The Morgan fingerprint density at radius 3 is 2.89 bits per heavy atom. The van der Waals surface area contributed by atoms with Gasteiger partial charge in [0.25, 0.3) is 0 Å². The fourth-order valence-electron chi connectivity index (χ4n) is 3.75. The van der Waals surface area contributed by atoms with Crippen molar-refractivity contribution in [3.63, 3.8) is 0 Å². The maximum Gasteiger partial charge on any atom is 0.232 e. The van der Waals surface area contributed by atoms with Crippen LogP contribution in [0, 0.1) is 6.92 Å². The van der Waals surface area contributed by atoms with Crippen LogP contribution >= 0.6 is 0 Å². The van der Waals surface area contributed by atoms with Crippen LogP contribution in [-0.2, 0) is 13.0 Å². The molecular weight excluding hydrogens is 352 g/mol. The predicted molar refractivity (Wildman–Crippen MR) is 108 cm³/mol. The predicted octanol–water partition coefficient (Wildman–Crippen LogP) is 4.21. The van der Waals surface area contributed by atoms with E-state index in [-0.39, 0.29) is 6.79 Å². The molecule has 6 nitrogen and oxygen atoms in total. The summed E-state index contributed by atoms with van der Waals surface area (Å²) in [4.78, 5) is 11.7. The molecule has 3 aromatic rings. The van der Waals surface area contributed by atoms with Crippen molar-refractivity contribution in [2.45, 2.75) is 26.3 Å². The number of rotatable bonds is 4. The highest BCUT2D eigenvalue weighted by Gasteiger charge is 2.20. The molecular formula is C22H22N4O2. The summed E-state index contributed by atoms with van der Waals surface area (Å²) in [5.74, 6) is 3.17. The van der Waals surface area contributed by atoms with Crippen molar-refractivity contribution in [2.75, 3.05) is 23.6 Å². The summed E-state index contributed by atoms with van der Waals surface area (Å²) in [6.45, 7) is 3.88. The first-order valence-corrected chi connectivity index (χ1v) is 9.60. The van der Waals surface area contributed by atoms with Crippen LogP contribution in [0.15, 0.2) is 48.5 Å². The summed E-state index contributed by atoms with van der Waals surface area (Å²) < 4.78 is 10.8. The Hall–Kier alpha value is -3.28. The molecule has 0 spiro atoms. The van der Waals surface area contributed by atoms with Crippen LogP contribution in [0.1, 0.15) is 23.2 Å². The highest BCUT2D eigenvalue weighted by molar-refractivity contribution is 5.64. The van der Waals surface area contributed by atoms with Crippen LogP contribution in [0.4, 0.5) is 17.5 Å². The van der Waals surface area contributed by atoms with Crippen molar-refractivity contribution < 1.29 is 9.47 Å². The molecule has 0 amide bonds. The van der Waals surface area contributed by atoms with E-state index in [0.29, 0.717) is 6.54 Å². The summed E-state index contributed by atoms with van der Waals surface area (Å²) in [6, 6.07) is 16.5. The number of fused-ring (bicyclic) bond motifs is 2. The monoisotopic (exact) mass is 374 g/mol. The molecule has 0 saturated carbocycles. The number of nitrogens with one attached hydrogen (secondary N) is 1. The summed E-state index contributed by atoms with van der Waals surface area (Å²) in [7, 11) is 0. The summed E-state index contributed by atoms with van der Waals surface area (Å²) >= 11 is 0. The van der Waals surface area contributed by atoms with E-state index < -0.39 is 0 Å². The van der Waals surface area contributed by atoms with Gasteiger partial charge in [-0.3, -0.25) is 0 Å². The molecule has 1 N–H and O–H groups in total. The Kier molecular flexibility index (Phi) is 4.24. The molecule has 142 valence electrons. The van der Waals surface area contributed by atoms with Gasteiger partial charge < -0.3 is 19.7 Å². The average molecular weight is 374 g/mol. The molecule has 5 rings (SSSR count). The van der Waals surface area contributed by atoms with Gasteiger partial charge in [-0.15, -0.1) is 0 Å². The van der Waals surface area contributed by atoms with Gasteiger partial charge >= 0.3 is 0 Å². The zero-order chi connectivity index (χ0) is 18.9. The average Bonchev–Trinajstić information content (AvgIpc) is 3.19. The highest BCUT2D eigenvalue weighted by Crippen LogP contribution is 2.33. The number of hydrogen-bond donors (Lipinski definition) is 1. The summed E-state index contributed by atoms with van der Waals surface area (Å²) in [6.07, 6.45) is 2.21. The molecule has 0 aliphatic carbocycles. The van der Waals surface area contributed by atoms with E-state index in [1.54, 1.807) is 0 Å². The zero-order valence-corrected chi connectivity index (χ0v) is 15.8. The lowest BCUT2D eigenvalue weighted by Gasteiger charge is -2.29. The smallest absolute Gasteiger partial charge is 0.232 e. The third-order valence-corrected chi connectivity index (χ3v) is 5.10. The first-order valence-electron chi connectivity index (χ1n) is 9.60. The number of ether oxygens (including phenoxy) is 2. The Bertz CT molecular complexity index is 1020. The molecule has 6 heteroatoms. The number of aryl methyl sites for hydroxylation is 2. The summed E-state index contributed by atoms with van der Waals surface area (Å²) in [5, 5.41) is 3.42. The van der Waals surface area contributed by atoms with Crippen molar-refractivity contribution >= 4 is 17.5 Å². The number of aromatic nitrogens is 2. The maximum absolute atomic E-state index is 5.46. The molecule has 2 aliphatic heterocycles. The minimum Gasteiger partial charge on any atom is -0.454 e. The van der Waals surface area contributed by atoms with Crippen LogP contribution in [0.3, 0.4) is 0 Å². The second-order valence-corrected chi connectivity index (χ2v) is 7.12. The van der Waals surface area contributed by atoms with Gasteiger partial charge in [0.2, 0.25) is 12.7 Å². The quantitative estimate of drug-likeness (QED) is 0.738. The van der Waals surface area contributed by atoms with Crippen LogP contribution in [0.25, 0.3) is 0 Å². The molecule has 0 fully saturated rings. The van der Waals surface area contributed by atoms with Crippen molar-refractivity contribution in [2.24, 2.45) is 0 Å². The van der Waals surface area contributed by atoms with Gasteiger partial charge in [-0.25, -0.2) is 4.98 Å². The lowest BCUT2D eigenvalue weighted by Crippen LogP contribution is -2.26. The molecule has 0 unspecified atom stereocenters. The molecule has 2 aromatic carbocycles. The molecule has 0 bridgehead atoms.